The lowest BCUT2D eigenvalue weighted by Gasteiger charge is -2.22. The van der Waals surface area contributed by atoms with Gasteiger partial charge in [-0.3, -0.25) is 0 Å². The maximum Gasteiger partial charge on any atom is 0.338 e. The van der Waals surface area contributed by atoms with Gasteiger partial charge in [-0.05, 0) is 0 Å². The molecule has 0 aromatic rings. The Morgan fingerprint density at radius 2 is 0.758 bits per heavy atom. The third kappa shape index (κ3) is 9.31. The molecule has 0 bridgehead atoms. The summed E-state index contributed by atoms with van der Waals surface area (Å²) in [5.74, 6) is -11.5. The third-order valence-electron chi connectivity index (χ3n) is 3.49. The number of aliphatic hydroxyl groups is 6. The fourth-order valence-electron chi connectivity index (χ4n) is 1.66. The number of carboxylic acids is 3. The normalized spacial score (nSPS) is 17.3. The van der Waals surface area contributed by atoms with Crippen LogP contribution in [0.25, 0.3) is 0 Å². The topological polar surface area (TPSA) is 312 Å². The van der Waals surface area contributed by atoms with E-state index < -0.39 is 91.8 Å². The second kappa shape index (κ2) is 13.2. The van der Waals surface area contributed by atoms with Crippen molar-refractivity contribution in [2.24, 2.45) is 0 Å². The van der Waals surface area contributed by atoms with Crippen LogP contribution in [0.5, 0.6) is 0 Å². The first-order chi connectivity index (χ1) is 15.1. The number of carbonyl (C=O) groups excluding carboxylic acids is 3. The summed E-state index contributed by atoms with van der Waals surface area (Å²) in [6.45, 7) is -2.40. The highest BCUT2D eigenvalue weighted by molar-refractivity contribution is 5.85. The Balaban J connectivity index is 5.30. The first-order valence-electron chi connectivity index (χ1n) is 8.42. The second-order valence-corrected chi connectivity index (χ2v) is 6.00. The lowest BCUT2D eigenvalue weighted by atomic mass is 10.2. The number of carbonyl (C=O) groups is 6. The molecule has 0 fully saturated rings. The summed E-state index contributed by atoms with van der Waals surface area (Å²) in [5.41, 5.74) is 0. The van der Waals surface area contributed by atoms with Crippen LogP contribution in [0.2, 0.25) is 0 Å². The summed E-state index contributed by atoms with van der Waals surface area (Å²) in [6.07, 6.45) is -17.9. The molecule has 0 rings (SSSR count). The molecule has 33 heavy (non-hydrogen) atoms. The summed E-state index contributed by atoms with van der Waals surface area (Å²) in [4.78, 5) is 66.6. The van der Waals surface area contributed by atoms with Gasteiger partial charge in [0.05, 0.1) is 0 Å². The van der Waals surface area contributed by atoms with E-state index in [1.807, 2.05) is 0 Å². The van der Waals surface area contributed by atoms with Gasteiger partial charge in [0.2, 0.25) is 0 Å². The summed E-state index contributed by atoms with van der Waals surface area (Å²) in [6, 6.07) is 0. The molecule has 6 atom stereocenters. The lowest BCUT2D eigenvalue weighted by molar-refractivity contribution is -0.187. The number of hydrogen-bond donors (Lipinski definition) is 9. The van der Waals surface area contributed by atoms with E-state index in [0.29, 0.717) is 0 Å². The molecule has 0 aromatic carbocycles. The molecular formula is C15H20O18. The molecule has 18 heteroatoms. The van der Waals surface area contributed by atoms with Crippen molar-refractivity contribution < 1.29 is 88.9 Å². The molecule has 188 valence electrons. The Hall–Kier alpha value is -3.42. The van der Waals surface area contributed by atoms with Crippen molar-refractivity contribution in [2.75, 3.05) is 13.2 Å². The zero-order valence-corrected chi connectivity index (χ0v) is 16.2. The Bertz CT molecular complexity index is 705. The molecule has 0 aromatic heterocycles. The van der Waals surface area contributed by atoms with E-state index in [4.69, 9.17) is 30.6 Å². The number of carboxylic acid groups (broad SMARTS) is 3. The lowest BCUT2D eigenvalue weighted by Crippen LogP contribution is -2.45. The van der Waals surface area contributed by atoms with Gasteiger partial charge < -0.3 is 60.2 Å². The molecule has 6 unspecified atom stereocenters. The molecule has 0 spiro atoms. The number of esters is 3. The van der Waals surface area contributed by atoms with Crippen LogP contribution in [-0.2, 0) is 43.0 Å². The van der Waals surface area contributed by atoms with Crippen molar-refractivity contribution in [2.45, 2.75) is 42.7 Å². The summed E-state index contributed by atoms with van der Waals surface area (Å²) < 4.78 is 13.2. The number of aliphatic carboxylic acids is 3. The van der Waals surface area contributed by atoms with Crippen molar-refractivity contribution in [1.82, 2.24) is 0 Å². The Morgan fingerprint density at radius 3 is 1.03 bits per heavy atom. The van der Waals surface area contributed by atoms with Gasteiger partial charge in [-0.15, -0.1) is 0 Å². The van der Waals surface area contributed by atoms with Crippen molar-refractivity contribution in [3.8, 4) is 0 Å². The predicted molar refractivity (Wildman–Crippen MR) is 90.7 cm³/mol. The number of aliphatic hydroxyl groups excluding tert-OH is 6. The van der Waals surface area contributed by atoms with E-state index in [1.165, 1.54) is 0 Å². The standard InChI is InChI=1S/C15H20O18/c16-4(10(22)23)7(19)13(28)31-1-3(33-15(30)9(21)6(18)12(26)27)2-32-14(29)8(20)5(17)11(24)25/h3-9,16-21H,1-2H2,(H,22,23)(H,24,25)(H,26,27). The maximum atomic E-state index is 11.7. The highest BCUT2D eigenvalue weighted by Crippen LogP contribution is 2.06. The van der Waals surface area contributed by atoms with E-state index in [1.54, 1.807) is 0 Å². The monoisotopic (exact) mass is 488 g/mol. The van der Waals surface area contributed by atoms with Crippen molar-refractivity contribution in [3.63, 3.8) is 0 Å². The van der Waals surface area contributed by atoms with Crippen LogP contribution in [-0.4, -0.2) is 138 Å². The zero-order chi connectivity index (χ0) is 26.0. The van der Waals surface area contributed by atoms with Crippen LogP contribution in [0, 0.1) is 0 Å². The molecule has 0 radical (unpaired) electrons. The van der Waals surface area contributed by atoms with Gasteiger partial charge in [0.25, 0.3) is 0 Å². The van der Waals surface area contributed by atoms with Crippen LogP contribution in [0.1, 0.15) is 0 Å². The quantitative estimate of drug-likeness (QED) is 0.0810. The van der Waals surface area contributed by atoms with Crippen LogP contribution in [0.15, 0.2) is 0 Å². The smallest absolute Gasteiger partial charge is 0.338 e. The van der Waals surface area contributed by atoms with Gasteiger partial charge in [0, 0.05) is 0 Å². The van der Waals surface area contributed by atoms with Crippen molar-refractivity contribution >= 4 is 35.8 Å². The number of hydrogen-bond acceptors (Lipinski definition) is 15. The minimum Gasteiger partial charge on any atom is -0.479 e. The molecular weight excluding hydrogens is 468 g/mol. The first kappa shape index (κ1) is 29.6. The maximum absolute atomic E-state index is 11.7. The van der Waals surface area contributed by atoms with E-state index in [9.17, 15) is 44.1 Å². The molecule has 18 nitrogen and oxygen atoms in total. The van der Waals surface area contributed by atoms with E-state index in [0.717, 1.165) is 0 Å². The highest BCUT2D eigenvalue weighted by atomic mass is 16.6. The van der Waals surface area contributed by atoms with Gasteiger partial charge in [-0.2, -0.15) is 0 Å². The van der Waals surface area contributed by atoms with E-state index in [2.05, 4.69) is 14.2 Å². The van der Waals surface area contributed by atoms with Crippen LogP contribution in [0.3, 0.4) is 0 Å². The van der Waals surface area contributed by atoms with Crippen molar-refractivity contribution in [1.29, 1.82) is 0 Å². The highest BCUT2D eigenvalue weighted by Gasteiger charge is 2.36. The Labute approximate surface area is 181 Å². The van der Waals surface area contributed by atoms with Gasteiger partial charge in [-0.25, -0.2) is 28.8 Å². The van der Waals surface area contributed by atoms with Gasteiger partial charge >= 0.3 is 35.8 Å². The summed E-state index contributed by atoms with van der Waals surface area (Å²) >= 11 is 0. The van der Waals surface area contributed by atoms with Gasteiger partial charge in [-0.1, -0.05) is 0 Å². The van der Waals surface area contributed by atoms with Crippen LogP contribution in [0.4, 0.5) is 0 Å². The first-order valence-corrected chi connectivity index (χ1v) is 8.42. The average Bonchev–Trinajstić information content (AvgIpc) is 2.76. The molecule has 0 heterocycles. The Morgan fingerprint density at radius 1 is 0.485 bits per heavy atom. The number of ether oxygens (including phenoxy) is 3. The molecule has 0 amide bonds. The zero-order valence-electron chi connectivity index (χ0n) is 16.2. The second-order valence-electron chi connectivity index (χ2n) is 6.00. The SMILES string of the molecule is O=C(O)C(O)C(O)C(=O)OCC(COC(=O)C(O)C(O)C(=O)O)OC(=O)C(O)C(O)C(=O)O. The minimum atomic E-state index is -2.70. The van der Waals surface area contributed by atoms with Crippen molar-refractivity contribution in [3.05, 3.63) is 0 Å². The molecule has 0 saturated carbocycles. The van der Waals surface area contributed by atoms with Gasteiger partial charge in [0.15, 0.2) is 42.7 Å². The number of rotatable bonds is 14. The Kier molecular flexibility index (Phi) is 11.8. The molecule has 0 aliphatic rings. The molecule has 0 saturated heterocycles. The molecule has 0 aliphatic heterocycles. The minimum absolute atomic E-state index is 1.20. The largest absolute Gasteiger partial charge is 0.479 e. The summed E-state index contributed by atoms with van der Waals surface area (Å²) in [5, 5.41) is 80.9. The van der Waals surface area contributed by atoms with Crippen LogP contribution < -0.4 is 0 Å². The molecule has 0 aliphatic carbocycles. The average molecular weight is 488 g/mol. The predicted octanol–water partition coefficient (Wildman–Crippen LogP) is -6.60. The molecule has 9 N–H and O–H groups in total. The van der Waals surface area contributed by atoms with E-state index in [-0.39, 0.29) is 0 Å². The summed E-state index contributed by atoms with van der Waals surface area (Å²) in [7, 11) is 0. The van der Waals surface area contributed by atoms with E-state index >= 15 is 0 Å². The van der Waals surface area contributed by atoms with Gasteiger partial charge in [0.1, 0.15) is 13.2 Å². The van der Waals surface area contributed by atoms with Crippen LogP contribution >= 0.6 is 0 Å². The third-order valence-corrected chi connectivity index (χ3v) is 3.49. The fourth-order valence-corrected chi connectivity index (χ4v) is 1.66. The fraction of sp³-hybridized carbons (Fsp3) is 0.600.